The van der Waals surface area contributed by atoms with E-state index in [1.165, 1.54) is 17.5 Å². The van der Waals surface area contributed by atoms with Crippen LogP contribution in [0.1, 0.15) is 23.5 Å². The second-order valence-electron chi connectivity index (χ2n) is 8.68. The van der Waals surface area contributed by atoms with E-state index in [0.29, 0.717) is 16.7 Å². The van der Waals surface area contributed by atoms with Crippen LogP contribution >= 0.6 is 11.6 Å². The van der Waals surface area contributed by atoms with E-state index in [9.17, 15) is 0 Å². The molecule has 3 aromatic carbocycles. The zero-order valence-electron chi connectivity index (χ0n) is 18.0. The summed E-state index contributed by atoms with van der Waals surface area (Å²) in [5.41, 5.74) is 7.88. The summed E-state index contributed by atoms with van der Waals surface area (Å²) < 4.78 is 0. The molecule has 2 heterocycles. The first kappa shape index (κ1) is 20.1. The summed E-state index contributed by atoms with van der Waals surface area (Å²) in [6.07, 6.45) is 2.41. The topological polar surface area (TPSA) is 38.7 Å². The van der Waals surface area contributed by atoms with Crippen molar-refractivity contribution in [3.63, 3.8) is 0 Å². The van der Waals surface area contributed by atoms with E-state index < -0.39 is 0 Å². The Morgan fingerprint density at radius 2 is 1.33 bits per heavy atom. The van der Waals surface area contributed by atoms with Gasteiger partial charge in [-0.3, -0.25) is 0 Å². The fourth-order valence-corrected chi connectivity index (χ4v) is 4.75. The van der Waals surface area contributed by atoms with Crippen molar-refractivity contribution in [1.82, 2.24) is 15.0 Å². The maximum Gasteiger partial charge on any atom is 0.180 e. The van der Waals surface area contributed by atoms with E-state index in [0.717, 1.165) is 40.4 Å². The Hall–Kier alpha value is -3.56. The molecular weight excluding hydrogens is 426 g/mol. The Bertz CT molecular complexity index is 1420. The van der Waals surface area contributed by atoms with Gasteiger partial charge in [0.2, 0.25) is 0 Å². The number of fused-ring (bicyclic) bond motifs is 1. The summed E-state index contributed by atoms with van der Waals surface area (Å²) in [5.74, 6) is 1.37. The van der Waals surface area contributed by atoms with Gasteiger partial charge in [-0.15, -0.1) is 0 Å². The first-order valence-corrected chi connectivity index (χ1v) is 11.7. The molecule has 0 spiro atoms. The van der Waals surface area contributed by atoms with Crippen molar-refractivity contribution in [2.75, 3.05) is 0 Å². The predicted molar refractivity (Wildman–Crippen MR) is 134 cm³/mol. The summed E-state index contributed by atoms with van der Waals surface area (Å²) in [5, 5.41) is 0.419. The van der Waals surface area contributed by atoms with Gasteiger partial charge in [-0.1, -0.05) is 96.5 Å². The maximum atomic E-state index is 6.11. The van der Waals surface area contributed by atoms with E-state index in [4.69, 9.17) is 21.6 Å². The summed E-state index contributed by atoms with van der Waals surface area (Å²) in [7, 11) is 0. The lowest BCUT2D eigenvalue weighted by Gasteiger charge is -2.11. The standard InChI is InChI=1S/C29H22ClN3/c30-26-16-15-25-29(32-26)33-28(21-9-5-2-6-10-21)27(31-25)22-13-11-20(12-14-22)24-18-23(24)17-19-7-3-1-4-8-19/h1-16,23-24H,17-18H2. The Labute approximate surface area is 198 Å². The van der Waals surface area contributed by atoms with Crippen LogP contribution in [-0.2, 0) is 6.42 Å². The molecule has 1 aliphatic carbocycles. The molecule has 2 unspecified atom stereocenters. The summed E-state index contributed by atoms with van der Waals surface area (Å²) >= 11 is 6.11. The molecule has 0 radical (unpaired) electrons. The Morgan fingerprint density at radius 3 is 2.09 bits per heavy atom. The molecule has 0 saturated heterocycles. The quantitative estimate of drug-likeness (QED) is 0.264. The molecule has 5 aromatic rings. The molecule has 1 saturated carbocycles. The lowest BCUT2D eigenvalue weighted by Crippen LogP contribution is -1.97. The number of pyridine rings is 1. The van der Waals surface area contributed by atoms with E-state index >= 15 is 0 Å². The number of hydrogen-bond donors (Lipinski definition) is 0. The van der Waals surface area contributed by atoms with Crippen LogP contribution in [0.5, 0.6) is 0 Å². The number of nitrogens with zero attached hydrogens (tertiary/aromatic N) is 3. The van der Waals surface area contributed by atoms with Gasteiger partial charge >= 0.3 is 0 Å². The van der Waals surface area contributed by atoms with Gasteiger partial charge in [0, 0.05) is 11.1 Å². The zero-order chi connectivity index (χ0) is 22.2. The van der Waals surface area contributed by atoms with Gasteiger partial charge in [-0.25, -0.2) is 15.0 Å². The van der Waals surface area contributed by atoms with Gasteiger partial charge in [0.15, 0.2) is 5.65 Å². The highest BCUT2D eigenvalue weighted by atomic mass is 35.5. The normalized spacial score (nSPS) is 17.2. The van der Waals surface area contributed by atoms with Gasteiger partial charge in [0.05, 0.1) is 11.4 Å². The Morgan fingerprint density at radius 1 is 0.667 bits per heavy atom. The largest absolute Gasteiger partial charge is 0.242 e. The van der Waals surface area contributed by atoms with Crippen molar-refractivity contribution < 1.29 is 0 Å². The smallest absolute Gasteiger partial charge is 0.180 e. The van der Waals surface area contributed by atoms with Gasteiger partial charge in [0.1, 0.15) is 10.7 Å². The number of halogens is 1. The number of rotatable bonds is 5. The van der Waals surface area contributed by atoms with Crippen LogP contribution in [0.3, 0.4) is 0 Å². The van der Waals surface area contributed by atoms with Crippen molar-refractivity contribution in [1.29, 1.82) is 0 Å². The minimum atomic E-state index is 0.419. The molecule has 33 heavy (non-hydrogen) atoms. The summed E-state index contributed by atoms with van der Waals surface area (Å²) in [6, 6.07) is 33.4. The lowest BCUT2D eigenvalue weighted by atomic mass is 10.00. The lowest BCUT2D eigenvalue weighted by molar-refractivity contribution is 0.795. The molecule has 1 fully saturated rings. The zero-order valence-corrected chi connectivity index (χ0v) is 18.8. The second-order valence-corrected chi connectivity index (χ2v) is 9.06. The fourth-order valence-electron chi connectivity index (χ4n) is 4.60. The van der Waals surface area contributed by atoms with Gasteiger partial charge in [-0.05, 0) is 47.9 Å². The van der Waals surface area contributed by atoms with Crippen LogP contribution in [0.25, 0.3) is 33.7 Å². The minimum absolute atomic E-state index is 0.419. The van der Waals surface area contributed by atoms with Crippen LogP contribution in [-0.4, -0.2) is 15.0 Å². The molecule has 4 heteroatoms. The Balaban J connectivity index is 1.33. The summed E-state index contributed by atoms with van der Waals surface area (Å²) in [4.78, 5) is 14.2. The maximum absolute atomic E-state index is 6.11. The molecule has 6 rings (SSSR count). The van der Waals surface area contributed by atoms with Crippen molar-refractivity contribution >= 4 is 22.8 Å². The highest BCUT2D eigenvalue weighted by molar-refractivity contribution is 6.29. The monoisotopic (exact) mass is 447 g/mol. The molecule has 3 nitrogen and oxygen atoms in total. The SMILES string of the molecule is Clc1ccc2nc(-c3ccc(C4CC4Cc4ccccc4)cc3)c(-c3ccccc3)nc2n1. The highest BCUT2D eigenvalue weighted by Gasteiger charge is 2.37. The van der Waals surface area contributed by atoms with Crippen LogP contribution in [0.2, 0.25) is 5.15 Å². The summed E-state index contributed by atoms with van der Waals surface area (Å²) in [6.45, 7) is 0. The van der Waals surface area contributed by atoms with Crippen LogP contribution < -0.4 is 0 Å². The van der Waals surface area contributed by atoms with Crippen LogP contribution in [0, 0.1) is 5.92 Å². The van der Waals surface area contributed by atoms with E-state index in [2.05, 4.69) is 71.7 Å². The molecule has 0 amide bonds. The third-order valence-corrected chi connectivity index (χ3v) is 6.63. The van der Waals surface area contributed by atoms with E-state index in [1.807, 2.05) is 24.3 Å². The van der Waals surface area contributed by atoms with Gasteiger partial charge in [0.25, 0.3) is 0 Å². The molecule has 2 aromatic heterocycles. The number of hydrogen-bond acceptors (Lipinski definition) is 3. The van der Waals surface area contributed by atoms with Crippen molar-refractivity contribution in [3.8, 4) is 22.5 Å². The first-order valence-electron chi connectivity index (χ1n) is 11.3. The van der Waals surface area contributed by atoms with Crippen LogP contribution in [0.15, 0.2) is 97.1 Å². The molecule has 0 N–H and O–H groups in total. The molecule has 160 valence electrons. The number of aromatic nitrogens is 3. The molecule has 0 aliphatic heterocycles. The Kier molecular flexibility index (Phi) is 5.12. The highest BCUT2D eigenvalue weighted by Crippen LogP contribution is 2.49. The average molecular weight is 448 g/mol. The fraction of sp³-hybridized carbons (Fsp3) is 0.138. The van der Waals surface area contributed by atoms with Gasteiger partial charge in [-0.2, -0.15) is 0 Å². The average Bonchev–Trinajstić information content (AvgIpc) is 3.63. The number of benzene rings is 3. The van der Waals surface area contributed by atoms with Crippen molar-refractivity contribution in [3.05, 3.63) is 113 Å². The third kappa shape index (κ3) is 4.12. The van der Waals surface area contributed by atoms with Crippen LogP contribution in [0.4, 0.5) is 0 Å². The van der Waals surface area contributed by atoms with E-state index in [-0.39, 0.29) is 0 Å². The molecular formula is C29H22ClN3. The van der Waals surface area contributed by atoms with Gasteiger partial charge < -0.3 is 0 Å². The van der Waals surface area contributed by atoms with E-state index in [1.54, 1.807) is 6.07 Å². The third-order valence-electron chi connectivity index (χ3n) is 6.42. The molecule has 1 aliphatic rings. The molecule has 0 bridgehead atoms. The predicted octanol–water partition coefficient (Wildman–Crippen LogP) is 7.36. The van der Waals surface area contributed by atoms with Crippen molar-refractivity contribution in [2.24, 2.45) is 5.92 Å². The minimum Gasteiger partial charge on any atom is -0.242 e. The molecule has 2 atom stereocenters. The van der Waals surface area contributed by atoms with Crippen molar-refractivity contribution in [2.45, 2.75) is 18.8 Å². The first-order chi connectivity index (χ1) is 16.2. The second kappa shape index (κ2) is 8.42.